The van der Waals surface area contributed by atoms with Crippen molar-refractivity contribution in [2.24, 2.45) is 11.8 Å². The highest BCUT2D eigenvalue weighted by Crippen LogP contribution is 2.47. The molecule has 5 nitrogen and oxygen atoms in total. The van der Waals surface area contributed by atoms with Gasteiger partial charge in [0.1, 0.15) is 11.5 Å². The van der Waals surface area contributed by atoms with Gasteiger partial charge in [0.25, 0.3) is 0 Å². The molecule has 2 aliphatic carbocycles. The molecular weight excluding hydrogens is 604 g/mol. The van der Waals surface area contributed by atoms with E-state index in [0.717, 1.165) is 80.4 Å². The molecule has 0 amide bonds. The molecule has 232 valence electrons. The van der Waals surface area contributed by atoms with Gasteiger partial charge < -0.3 is 14.6 Å². The Morgan fingerprint density at radius 3 is 1.58 bits per heavy atom. The Labute approximate surface area is 266 Å². The lowest BCUT2D eigenvalue weighted by Crippen LogP contribution is -2.15. The number of rotatable bonds is 3. The predicted molar refractivity (Wildman–Crippen MR) is 179 cm³/mol. The second-order valence-corrected chi connectivity index (χ2v) is 14.3. The second kappa shape index (κ2) is 13.4. The standard InChI is InChI=1S/C21H24O2.C15H19BrO2.CH4O/c1-13-11-15-16(19(13)22)12-17(21(2,3)4)20(23-5)18(15)14-9-7-6-8-10-14;1-8-6-9-10(13(8)17)7-11(15(2,3)4)14(18-5)12(9)16;1-2/h6-10,12-13H,11H2,1-5H3;7-8H,6H2,1-5H3;2H,1H3. The van der Waals surface area contributed by atoms with Gasteiger partial charge in [-0.05, 0) is 68.4 Å². The molecule has 43 heavy (non-hydrogen) atoms. The van der Waals surface area contributed by atoms with E-state index in [1.807, 2.05) is 38.1 Å². The smallest absolute Gasteiger partial charge is 0.166 e. The molecule has 2 unspecified atom stereocenters. The Balaban J connectivity index is 0.000000229. The normalized spacial score (nSPS) is 17.3. The summed E-state index contributed by atoms with van der Waals surface area (Å²) in [6.45, 7) is 16.9. The van der Waals surface area contributed by atoms with Crippen LogP contribution in [0.15, 0.2) is 46.9 Å². The largest absolute Gasteiger partial charge is 0.496 e. The Morgan fingerprint density at radius 2 is 1.14 bits per heavy atom. The van der Waals surface area contributed by atoms with Gasteiger partial charge in [0.15, 0.2) is 11.6 Å². The molecule has 0 aromatic heterocycles. The van der Waals surface area contributed by atoms with Gasteiger partial charge in [0.05, 0.1) is 18.7 Å². The first kappa shape index (κ1) is 34.5. The van der Waals surface area contributed by atoms with E-state index in [1.54, 1.807) is 14.2 Å². The molecule has 1 N–H and O–H groups in total. The molecule has 5 rings (SSSR count). The zero-order chi connectivity index (χ0) is 32.4. The van der Waals surface area contributed by atoms with Crippen LogP contribution in [-0.4, -0.2) is 38.0 Å². The number of fused-ring (bicyclic) bond motifs is 2. The second-order valence-electron chi connectivity index (χ2n) is 13.5. The van der Waals surface area contributed by atoms with Crippen molar-refractivity contribution in [2.75, 3.05) is 21.3 Å². The molecule has 0 bridgehead atoms. The van der Waals surface area contributed by atoms with E-state index in [-0.39, 0.29) is 34.2 Å². The van der Waals surface area contributed by atoms with E-state index in [9.17, 15) is 9.59 Å². The third-order valence-corrected chi connectivity index (χ3v) is 9.08. The van der Waals surface area contributed by atoms with Gasteiger partial charge in [0, 0.05) is 46.8 Å². The van der Waals surface area contributed by atoms with Crippen molar-refractivity contribution in [1.82, 2.24) is 0 Å². The minimum Gasteiger partial charge on any atom is -0.496 e. The number of Topliss-reactive ketones (excluding diaryl/α,β-unsaturated/α-hetero) is 2. The van der Waals surface area contributed by atoms with Gasteiger partial charge in [-0.3, -0.25) is 9.59 Å². The van der Waals surface area contributed by atoms with Crippen molar-refractivity contribution in [3.63, 3.8) is 0 Å². The van der Waals surface area contributed by atoms with E-state index in [2.05, 4.69) is 75.7 Å². The summed E-state index contributed by atoms with van der Waals surface area (Å²) >= 11 is 3.61. The van der Waals surface area contributed by atoms with Crippen molar-refractivity contribution >= 4 is 27.5 Å². The first-order valence-corrected chi connectivity index (χ1v) is 15.6. The summed E-state index contributed by atoms with van der Waals surface area (Å²) in [6, 6.07) is 14.3. The van der Waals surface area contributed by atoms with Crippen LogP contribution < -0.4 is 9.47 Å². The molecule has 0 aliphatic heterocycles. The lowest BCUT2D eigenvalue weighted by Gasteiger charge is -2.26. The minimum atomic E-state index is -0.0873. The SMILES string of the molecule is CO.COc1c(C(C)(C)C)cc2c(c1-c1ccccc1)CC(C)C2=O.COc1c(C(C)(C)C)cc2c(c1Br)CC(C)C2=O. The number of carbonyl (C=O) groups excluding carboxylic acids is 2. The predicted octanol–water partition coefficient (Wildman–Crippen LogP) is 8.77. The van der Waals surface area contributed by atoms with Crippen molar-refractivity contribution in [3.8, 4) is 22.6 Å². The third kappa shape index (κ3) is 6.76. The van der Waals surface area contributed by atoms with Gasteiger partial charge in [-0.15, -0.1) is 0 Å². The Morgan fingerprint density at radius 1 is 0.721 bits per heavy atom. The van der Waals surface area contributed by atoms with Crippen LogP contribution in [-0.2, 0) is 23.7 Å². The molecular formula is C37H47BrO5. The van der Waals surface area contributed by atoms with Gasteiger partial charge in [0.2, 0.25) is 0 Å². The zero-order valence-corrected chi connectivity index (χ0v) is 29.2. The Hall–Kier alpha value is -2.96. The number of hydrogen-bond acceptors (Lipinski definition) is 5. The van der Waals surface area contributed by atoms with Gasteiger partial charge in [-0.25, -0.2) is 0 Å². The molecule has 3 aromatic rings. The summed E-state index contributed by atoms with van der Waals surface area (Å²) in [5.41, 5.74) is 8.23. The average molecular weight is 652 g/mol. The van der Waals surface area contributed by atoms with Crippen LogP contribution in [0.25, 0.3) is 11.1 Å². The van der Waals surface area contributed by atoms with Crippen molar-refractivity contribution < 1.29 is 24.2 Å². The number of aliphatic hydroxyl groups excluding tert-OH is 1. The molecule has 0 spiro atoms. The maximum absolute atomic E-state index is 12.6. The fourth-order valence-corrected chi connectivity index (χ4v) is 6.74. The average Bonchev–Trinajstić information content (AvgIpc) is 3.42. The summed E-state index contributed by atoms with van der Waals surface area (Å²) in [5.74, 6) is 2.40. The van der Waals surface area contributed by atoms with Crippen molar-refractivity contribution in [1.29, 1.82) is 0 Å². The molecule has 2 atom stereocenters. The number of carbonyl (C=O) groups is 2. The molecule has 2 aliphatic rings. The van der Waals surface area contributed by atoms with Crippen LogP contribution in [0, 0.1) is 11.8 Å². The lowest BCUT2D eigenvalue weighted by atomic mass is 9.81. The number of halogens is 1. The van der Waals surface area contributed by atoms with Crippen LogP contribution >= 0.6 is 15.9 Å². The molecule has 0 radical (unpaired) electrons. The lowest BCUT2D eigenvalue weighted by molar-refractivity contribution is 0.0939. The third-order valence-electron chi connectivity index (χ3n) is 8.24. The number of ketones is 2. The van der Waals surface area contributed by atoms with Gasteiger partial charge >= 0.3 is 0 Å². The number of benzene rings is 3. The molecule has 0 fully saturated rings. The highest BCUT2D eigenvalue weighted by Gasteiger charge is 2.35. The summed E-state index contributed by atoms with van der Waals surface area (Å²) in [6.07, 6.45) is 1.59. The quantitative estimate of drug-likeness (QED) is 0.307. The first-order valence-electron chi connectivity index (χ1n) is 14.8. The fraction of sp³-hybridized carbons (Fsp3) is 0.459. The fourth-order valence-electron chi connectivity index (χ4n) is 5.99. The summed E-state index contributed by atoms with van der Waals surface area (Å²) in [4.78, 5) is 24.8. The highest BCUT2D eigenvalue weighted by atomic mass is 79.9. The van der Waals surface area contributed by atoms with Crippen LogP contribution in [0.1, 0.15) is 98.4 Å². The summed E-state index contributed by atoms with van der Waals surface area (Å²) in [7, 11) is 4.41. The minimum absolute atomic E-state index is 0.0466. The van der Waals surface area contributed by atoms with E-state index in [4.69, 9.17) is 14.6 Å². The van der Waals surface area contributed by atoms with Crippen LogP contribution in [0.4, 0.5) is 0 Å². The topological polar surface area (TPSA) is 72.8 Å². The molecule has 6 heteroatoms. The van der Waals surface area contributed by atoms with Gasteiger partial charge in [-0.1, -0.05) is 85.7 Å². The maximum atomic E-state index is 12.6. The number of ether oxygens (including phenoxy) is 2. The van der Waals surface area contributed by atoms with E-state index < -0.39 is 0 Å². The zero-order valence-electron chi connectivity index (χ0n) is 27.6. The summed E-state index contributed by atoms with van der Waals surface area (Å²) in [5, 5.41) is 7.00. The highest BCUT2D eigenvalue weighted by molar-refractivity contribution is 9.10. The molecule has 3 aromatic carbocycles. The van der Waals surface area contributed by atoms with Crippen molar-refractivity contribution in [3.05, 3.63) is 80.3 Å². The van der Waals surface area contributed by atoms with Crippen molar-refractivity contribution in [2.45, 2.75) is 79.1 Å². The monoisotopic (exact) mass is 650 g/mol. The Kier molecular flexibility index (Phi) is 10.7. The van der Waals surface area contributed by atoms with Crippen LogP contribution in [0.3, 0.4) is 0 Å². The molecule has 0 saturated carbocycles. The molecule has 0 heterocycles. The number of hydrogen-bond donors (Lipinski definition) is 1. The van der Waals surface area contributed by atoms with E-state index >= 15 is 0 Å². The van der Waals surface area contributed by atoms with Gasteiger partial charge in [-0.2, -0.15) is 0 Å². The first-order chi connectivity index (χ1) is 20.1. The summed E-state index contributed by atoms with van der Waals surface area (Å²) < 4.78 is 12.3. The number of methoxy groups -OCH3 is 2. The van der Waals surface area contributed by atoms with E-state index in [1.165, 1.54) is 0 Å². The van der Waals surface area contributed by atoms with Crippen LogP contribution in [0.2, 0.25) is 0 Å². The van der Waals surface area contributed by atoms with Crippen LogP contribution in [0.5, 0.6) is 11.5 Å². The molecule has 0 saturated heterocycles. The van der Waals surface area contributed by atoms with E-state index in [0.29, 0.717) is 0 Å². The Bertz CT molecular complexity index is 1490. The number of aliphatic hydroxyl groups is 1. The maximum Gasteiger partial charge on any atom is 0.166 e.